The molecule has 0 atom stereocenters. The summed E-state index contributed by atoms with van der Waals surface area (Å²) in [7, 11) is -3.62. The van der Waals surface area contributed by atoms with Gasteiger partial charge in [-0.25, -0.2) is 8.42 Å². The molecule has 150 valence electrons. The van der Waals surface area contributed by atoms with Gasteiger partial charge in [-0.05, 0) is 37.0 Å². The van der Waals surface area contributed by atoms with E-state index in [1.54, 1.807) is 12.1 Å². The van der Waals surface area contributed by atoms with E-state index in [-0.39, 0.29) is 35.2 Å². The van der Waals surface area contributed by atoms with Gasteiger partial charge in [-0.1, -0.05) is 26.3 Å². The van der Waals surface area contributed by atoms with Gasteiger partial charge in [-0.15, -0.1) is 0 Å². The van der Waals surface area contributed by atoms with Crippen molar-refractivity contribution < 1.29 is 23.1 Å². The third kappa shape index (κ3) is 5.77. The van der Waals surface area contributed by atoms with E-state index < -0.39 is 16.0 Å². The third-order valence-electron chi connectivity index (χ3n) is 4.50. The lowest BCUT2D eigenvalue weighted by Crippen LogP contribution is -2.37. The van der Waals surface area contributed by atoms with Crippen LogP contribution in [0.5, 0.6) is 0 Å². The molecule has 1 amide bonds. The van der Waals surface area contributed by atoms with E-state index in [9.17, 15) is 18.0 Å². The summed E-state index contributed by atoms with van der Waals surface area (Å²) < 4.78 is 27.2. The van der Waals surface area contributed by atoms with E-state index in [0.717, 1.165) is 19.3 Å². The topological polar surface area (TPSA) is 95.0 Å². The number of hydrogen-bond donors (Lipinski definition) is 1. The average Bonchev–Trinajstić information content (AvgIpc) is 2.65. The number of benzene rings is 1. The highest BCUT2D eigenvalue weighted by Gasteiger charge is 2.27. The average molecular weight is 397 g/mol. The van der Waals surface area contributed by atoms with Crippen LogP contribution in [0.4, 0.5) is 0 Å². The van der Waals surface area contributed by atoms with Crippen molar-refractivity contribution in [1.29, 1.82) is 0 Å². The van der Waals surface area contributed by atoms with E-state index in [0.29, 0.717) is 19.6 Å². The molecule has 27 heavy (non-hydrogen) atoms. The second kappa shape index (κ2) is 9.32. The fourth-order valence-electron chi connectivity index (χ4n) is 3.17. The lowest BCUT2D eigenvalue weighted by Gasteiger charge is -2.26. The lowest BCUT2D eigenvalue weighted by atomic mass is 10.1. The maximum Gasteiger partial charge on any atom is 0.305 e. The van der Waals surface area contributed by atoms with Gasteiger partial charge in [0.25, 0.3) is 5.91 Å². The van der Waals surface area contributed by atoms with Crippen LogP contribution in [-0.2, 0) is 14.8 Å². The smallest absolute Gasteiger partial charge is 0.305 e. The normalized spacial score (nSPS) is 15.7. The molecule has 1 aromatic carbocycles. The van der Waals surface area contributed by atoms with Gasteiger partial charge >= 0.3 is 5.97 Å². The van der Waals surface area contributed by atoms with Gasteiger partial charge < -0.3 is 10.0 Å². The van der Waals surface area contributed by atoms with Crippen molar-refractivity contribution in [2.24, 2.45) is 5.92 Å². The second-order valence-corrected chi connectivity index (χ2v) is 9.22. The SMILES string of the molecule is CC(C)CN(CCC(=O)O)C(=O)c1cccc(S(=O)(=O)N2CCCCC2)c1. The Morgan fingerprint density at radius 2 is 1.85 bits per heavy atom. The highest BCUT2D eigenvalue weighted by molar-refractivity contribution is 7.89. The van der Waals surface area contributed by atoms with Crippen LogP contribution >= 0.6 is 0 Å². The Labute approximate surface area is 161 Å². The largest absolute Gasteiger partial charge is 0.481 e. The van der Waals surface area contributed by atoms with E-state index >= 15 is 0 Å². The molecule has 0 bridgehead atoms. The zero-order valence-corrected chi connectivity index (χ0v) is 16.7. The maximum absolute atomic E-state index is 12.9. The molecule has 1 aliphatic heterocycles. The van der Waals surface area contributed by atoms with Crippen LogP contribution in [0.15, 0.2) is 29.2 Å². The summed E-state index contributed by atoms with van der Waals surface area (Å²) in [6.07, 6.45) is 2.56. The second-order valence-electron chi connectivity index (χ2n) is 7.28. The van der Waals surface area contributed by atoms with Crippen molar-refractivity contribution in [1.82, 2.24) is 9.21 Å². The Morgan fingerprint density at radius 3 is 2.44 bits per heavy atom. The first-order valence-corrected chi connectivity index (χ1v) is 10.8. The minimum absolute atomic E-state index is 0.0927. The Balaban J connectivity index is 2.25. The van der Waals surface area contributed by atoms with Crippen molar-refractivity contribution in [3.63, 3.8) is 0 Å². The predicted molar refractivity (Wildman–Crippen MR) is 102 cm³/mol. The first-order valence-electron chi connectivity index (χ1n) is 9.33. The van der Waals surface area contributed by atoms with E-state index in [4.69, 9.17) is 5.11 Å². The number of aliphatic carboxylic acids is 1. The summed E-state index contributed by atoms with van der Waals surface area (Å²) in [5, 5.41) is 8.92. The zero-order chi connectivity index (χ0) is 20.0. The van der Waals surface area contributed by atoms with Crippen LogP contribution < -0.4 is 0 Å². The summed E-state index contributed by atoms with van der Waals surface area (Å²) in [6.45, 7) is 5.39. The number of hydrogen-bond acceptors (Lipinski definition) is 4. The maximum atomic E-state index is 12.9. The molecule has 0 aromatic heterocycles. The molecule has 2 rings (SSSR count). The first kappa shape index (κ1) is 21.4. The van der Waals surface area contributed by atoms with Gasteiger partial charge in [0.15, 0.2) is 0 Å². The molecule has 0 radical (unpaired) electrons. The van der Waals surface area contributed by atoms with Crippen LogP contribution in [0.3, 0.4) is 0 Å². The molecule has 1 heterocycles. The number of carbonyl (C=O) groups is 2. The highest BCUT2D eigenvalue weighted by atomic mass is 32.2. The van der Waals surface area contributed by atoms with E-state index in [2.05, 4.69) is 0 Å². The third-order valence-corrected chi connectivity index (χ3v) is 6.40. The first-order chi connectivity index (χ1) is 12.7. The number of piperidine rings is 1. The summed E-state index contributed by atoms with van der Waals surface area (Å²) in [5.74, 6) is -1.15. The Bertz CT molecular complexity index is 770. The van der Waals surface area contributed by atoms with Gasteiger partial charge in [0.05, 0.1) is 11.3 Å². The fraction of sp³-hybridized carbons (Fsp3) is 0.579. The number of nitrogens with zero attached hydrogens (tertiary/aromatic N) is 2. The van der Waals surface area contributed by atoms with Crippen molar-refractivity contribution in [2.45, 2.75) is 44.4 Å². The monoisotopic (exact) mass is 396 g/mol. The number of carboxylic acids is 1. The minimum Gasteiger partial charge on any atom is -0.481 e. The molecule has 8 heteroatoms. The molecular weight excluding hydrogens is 368 g/mol. The van der Waals surface area contributed by atoms with E-state index in [1.165, 1.54) is 21.3 Å². The van der Waals surface area contributed by atoms with Crippen LogP contribution in [0.25, 0.3) is 0 Å². The van der Waals surface area contributed by atoms with Crippen LogP contribution in [-0.4, -0.2) is 60.8 Å². The lowest BCUT2D eigenvalue weighted by molar-refractivity contribution is -0.137. The molecular formula is C19H28N2O5S. The van der Waals surface area contributed by atoms with Crippen molar-refractivity contribution in [3.8, 4) is 0 Å². The van der Waals surface area contributed by atoms with Crippen LogP contribution in [0.1, 0.15) is 49.9 Å². The molecule has 1 fully saturated rings. The standard InChI is InChI=1S/C19H28N2O5S/c1-15(2)14-20(12-9-18(22)23)19(24)16-7-6-8-17(13-16)27(25,26)21-10-4-3-5-11-21/h6-8,13,15H,3-5,9-12,14H2,1-2H3,(H,22,23). The summed E-state index contributed by atoms with van der Waals surface area (Å²) in [5.41, 5.74) is 0.263. The van der Waals surface area contributed by atoms with Gasteiger partial charge in [-0.3, -0.25) is 9.59 Å². The highest BCUT2D eigenvalue weighted by Crippen LogP contribution is 2.22. The van der Waals surface area contributed by atoms with Crippen molar-refractivity contribution in [2.75, 3.05) is 26.2 Å². The van der Waals surface area contributed by atoms with Crippen molar-refractivity contribution >= 4 is 21.9 Å². The number of rotatable bonds is 8. The van der Waals surface area contributed by atoms with Gasteiger partial charge in [0.2, 0.25) is 10.0 Å². The van der Waals surface area contributed by atoms with Crippen LogP contribution in [0.2, 0.25) is 0 Å². The Hall–Kier alpha value is -1.93. The molecule has 1 saturated heterocycles. The van der Waals surface area contributed by atoms with Crippen molar-refractivity contribution in [3.05, 3.63) is 29.8 Å². The zero-order valence-electron chi connectivity index (χ0n) is 15.9. The number of amides is 1. The molecule has 1 aromatic rings. The summed E-state index contributed by atoms with van der Waals surface area (Å²) in [6, 6.07) is 6.05. The van der Waals surface area contributed by atoms with Crippen LogP contribution in [0, 0.1) is 5.92 Å². The molecule has 1 N–H and O–H groups in total. The van der Waals surface area contributed by atoms with Gasteiger partial charge in [-0.2, -0.15) is 4.31 Å². The fourth-order valence-corrected chi connectivity index (χ4v) is 4.74. The Kier molecular flexibility index (Phi) is 7.38. The number of carboxylic acid groups (broad SMARTS) is 1. The predicted octanol–water partition coefficient (Wildman–Crippen LogP) is 2.43. The molecule has 7 nitrogen and oxygen atoms in total. The Morgan fingerprint density at radius 1 is 1.19 bits per heavy atom. The molecule has 0 aliphatic carbocycles. The number of carbonyl (C=O) groups excluding carboxylic acids is 1. The summed E-state index contributed by atoms with van der Waals surface area (Å²) >= 11 is 0. The molecule has 0 unspecified atom stereocenters. The van der Waals surface area contributed by atoms with Gasteiger partial charge in [0, 0.05) is 31.7 Å². The quantitative estimate of drug-likeness (QED) is 0.728. The van der Waals surface area contributed by atoms with E-state index in [1.807, 2.05) is 13.8 Å². The summed E-state index contributed by atoms with van der Waals surface area (Å²) in [4.78, 5) is 25.3. The molecule has 0 saturated carbocycles. The van der Waals surface area contributed by atoms with Gasteiger partial charge in [0.1, 0.15) is 0 Å². The minimum atomic E-state index is -3.62. The molecule has 0 spiro atoms. The number of sulfonamides is 1. The molecule has 1 aliphatic rings.